The van der Waals surface area contributed by atoms with Gasteiger partial charge in [-0.05, 0) is 56.2 Å². The van der Waals surface area contributed by atoms with Gasteiger partial charge in [-0.2, -0.15) is 0 Å². The average Bonchev–Trinajstić information content (AvgIpc) is 2.75. The van der Waals surface area contributed by atoms with Crippen LogP contribution in [0.15, 0.2) is 48.5 Å². The van der Waals surface area contributed by atoms with E-state index < -0.39 is 23.8 Å². The first-order valence-electron chi connectivity index (χ1n) is 12.6. The van der Waals surface area contributed by atoms with Gasteiger partial charge in [0.05, 0.1) is 18.8 Å². The molecule has 0 unspecified atom stereocenters. The minimum atomic E-state index is -0.799. The fourth-order valence-corrected chi connectivity index (χ4v) is 4.39. The molecule has 2 aromatic rings. The summed E-state index contributed by atoms with van der Waals surface area (Å²) in [5.41, 5.74) is 3.03. The zero-order valence-electron chi connectivity index (χ0n) is 22.1. The Morgan fingerprint density at radius 3 is 2.46 bits per heavy atom. The molecule has 2 aromatic carbocycles. The minimum Gasteiger partial charge on any atom is -0.493 e. The van der Waals surface area contributed by atoms with Crippen molar-refractivity contribution in [2.45, 2.75) is 84.6 Å². The van der Waals surface area contributed by atoms with E-state index in [0.717, 1.165) is 29.7 Å². The van der Waals surface area contributed by atoms with Gasteiger partial charge in [0, 0.05) is 24.6 Å². The van der Waals surface area contributed by atoms with Crippen LogP contribution in [0, 0.1) is 5.41 Å². The van der Waals surface area contributed by atoms with Crippen molar-refractivity contribution in [3.8, 4) is 5.75 Å². The third kappa shape index (κ3) is 8.86. The molecule has 0 fully saturated rings. The average molecular weight is 483 g/mol. The lowest BCUT2D eigenvalue weighted by Gasteiger charge is -2.31. The van der Waals surface area contributed by atoms with Crippen molar-refractivity contribution in [2.75, 3.05) is 13.2 Å². The zero-order valence-corrected chi connectivity index (χ0v) is 22.1. The number of rotatable bonds is 8. The van der Waals surface area contributed by atoms with Gasteiger partial charge in [-0.15, -0.1) is 0 Å². The maximum absolute atomic E-state index is 12.5. The van der Waals surface area contributed by atoms with Crippen molar-refractivity contribution < 1.29 is 19.4 Å². The molecule has 3 rings (SSSR count). The number of benzene rings is 2. The first-order valence-corrected chi connectivity index (χ1v) is 12.6. The van der Waals surface area contributed by atoms with E-state index >= 15 is 0 Å². The molecule has 0 saturated heterocycles. The SMILES string of the molecule is CC(C)(C)Cc1ccc2c(c1)[C@@H](NC[C@@H](O)[C@H](Cc1ccccc1)NC(=O)OC(C)(C)C)CCO2. The van der Waals surface area contributed by atoms with Crippen molar-refractivity contribution in [3.05, 3.63) is 65.2 Å². The molecule has 0 radical (unpaired) electrons. The molecule has 1 heterocycles. The molecular formula is C29H42N2O4. The summed E-state index contributed by atoms with van der Waals surface area (Å²) in [6.45, 7) is 13.1. The molecule has 35 heavy (non-hydrogen) atoms. The van der Waals surface area contributed by atoms with Crippen LogP contribution in [0.4, 0.5) is 4.79 Å². The maximum Gasteiger partial charge on any atom is 0.407 e. The lowest BCUT2D eigenvalue weighted by molar-refractivity contribution is 0.0418. The quantitative estimate of drug-likeness (QED) is 0.483. The van der Waals surface area contributed by atoms with Crippen LogP contribution in [-0.4, -0.2) is 42.1 Å². The highest BCUT2D eigenvalue weighted by molar-refractivity contribution is 5.68. The van der Waals surface area contributed by atoms with E-state index in [-0.39, 0.29) is 11.5 Å². The molecule has 6 heteroatoms. The highest BCUT2D eigenvalue weighted by Gasteiger charge is 2.28. The Morgan fingerprint density at radius 2 is 1.80 bits per heavy atom. The summed E-state index contributed by atoms with van der Waals surface area (Å²) in [7, 11) is 0. The summed E-state index contributed by atoms with van der Waals surface area (Å²) in [6, 6.07) is 15.9. The smallest absolute Gasteiger partial charge is 0.407 e. The molecule has 3 N–H and O–H groups in total. The molecule has 192 valence electrons. The van der Waals surface area contributed by atoms with Gasteiger partial charge >= 0.3 is 6.09 Å². The van der Waals surface area contributed by atoms with E-state index in [1.165, 1.54) is 5.56 Å². The van der Waals surface area contributed by atoms with Crippen molar-refractivity contribution in [3.63, 3.8) is 0 Å². The standard InChI is InChI=1S/C29H42N2O4/c1-28(2,3)18-21-12-13-26-22(16-21)23(14-15-34-26)30-19-25(32)24(17-20-10-8-7-9-11-20)31-27(33)35-29(4,5)6/h7-13,16,23-25,30,32H,14-15,17-19H2,1-6H3,(H,31,33)/t23-,24-,25+/m0/s1. The van der Waals surface area contributed by atoms with E-state index in [1.807, 2.05) is 51.1 Å². The monoisotopic (exact) mass is 482 g/mol. The van der Waals surface area contributed by atoms with Gasteiger partial charge in [-0.3, -0.25) is 0 Å². The second-order valence-corrected chi connectivity index (χ2v) is 11.7. The Kier molecular flexibility index (Phi) is 8.84. The Balaban J connectivity index is 1.70. The van der Waals surface area contributed by atoms with E-state index in [0.29, 0.717) is 19.6 Å². The molecule has 0 bridgehead atoms. The summed E-state index contributed by atoms with van der Waals surface area (Å²) >= 11 is 0. The van der Waals surface area contributed by atoms with E-state index in [2.05, 4.69) is 49.6 Å². The number of ether oxygens (including phenoxy) is 2. The van der Waals surface area contributed by atoms with Crippen LogP contribution < -0.4 is 15.4 Å². The molecule has 6 nitrogen and oxygen atoms in total. The third-order valence-corrected chi connectivity index (χ3v) is 5.89. The van der Waals surface area contributed by atoms with Crippen LogP contribution >= 0.6 is 0 Å². The van der Waals surface area contributed by atoms with E-state index in [9.17, 15) is 9.90 Å². The van der Waals surface area contributed by atoms with Crippen molar-refractivity contribution in [1.82, 2.24) is 10.6 Å². The summed E-state index contributed by atoms with van der Waals surface area (Å²) in [5, 5.41) is 17.6. The maximum atomic E-state index is 12.5. The predicted molar refractivity (Wildman–Crippen MR) is 140 cm³/mol. The fraction of sp³-hybridized carbons (Fsp3) is 0.552. The van der Waals surface area contributed by atoms with Crippen molar-refractivity contribution in [1.29, 1.82) is 0 Å². The van der Waals surface area contributed by atoms with Crippen molar-refractivity contribution in [2.24, 2.45) is 5.41 Å². The van der Waals surface area contributed by atoms with Gasteiger partial charge in [0.1, 0.15) is 11.4 Å². The molecule has 1 aliphatic rings. The van der Waals surface area contributed by atoms with E-state index in [1.54, 1.807) is 0 Å². The molecule has 0 spiro atoms. The second kappa shape index (κ2) is 11.4. The van der Waals surface area contributed by atoms with Gasteiger partial charge < -0.3 is 25.2 Å². The highest BCUT2D eigenvalue weighted by atomic mass is 16.6. The number of amides is 1. The van der Waals surface area contributed by atoms with Gasteiger partial charge in [-0.25, -0.2) is 4.79 Å². The van der Waals surface area contributed by atoms with Gasteiger partial charge in [0.15, 0.2) is 0 Å². The van der Waals surface area contributed by atoms with Crippen LogP contribution in [0.3, 0.4) is 0 Å². The predicted octanol–water partition coefficient (Wildman–Crippen LogP) is 5.19. The summed E-state index contributed by atoms with van der Waals surface area (Å²) in [5.74, 6) is 0.897. The number of hydrogen-bond acceptors (Lipinski definition) is 5. The molecule has 0 aromatic heterocycles. The Hall–Kier alpha value is -2.57. The zero-order chi connectivity index (χ0) is 25.6. The van der Waals surface area contributed by atoms with Crippen LogP contribution in [0.5, 0.6) is 5.75 Å². The molecule has 3 atom stereocenters. The first-order chi connectivity index (χ1) is 16.4. The number of fused-ring (bicyclic) bond motifs is 1. The number of carbonyl (C=O) groups excluding carboxylic acids is 1. The summed E-state index contributed by atoms with van der Waals surface area (Å²) in [6.07, 6.45) is 0.978. The topological polar surface area (TPSA) is 79.8 Å². The summed E-state index contributed by atoms with van der Waals surface area (Å²) in [4.78, 5) is 12.5. The summed E-state index contributed by atoms with van der Waals surface area (Å²) < 4.78 is 11.3. The lowest BCUT2D eigenvalue weighted by atomic mass is 9.86. The van der Waals surface area contributed by atoms with Gasteiger partial charge in [0.2, 0.25) is 0 Å². The lowest BCUT2D eigenvalue weighted by Crippen LogP contribution is -2.50. The highest BCUT2D eigenvalue weighted by Crippen LogP contribution is 2.34. The van der Waals surface area contributed by atoms with Crippen LogP contribution in [0.1, 0.15) is 70.7 Å². The molecule has 1 amide bonds. The third-order valence-electron chi connectivity index (χ3n) is 5.89. The normalized spacial score (nSPS) is 17.6. The van der Waals surface area contributed by atoms with Crippen molar-refractivity contribution >= 4 is 6.09 Å². The van der Waals surface area contributed by atoms with Crippen LogP contribution in [0.25, 0.3) is 0 Å². The second-order valence-electron chi connectivity index (χ2n) is 11.7. The van der Waals surface area contributed by atoms with E-state index in [4.69, 9.17) is 9.47 Å². The number of carbonyl (C=O) groups is 1. The van der Waals surface area contributed by atoms with Crippen LogP contribution in [0.2, 0.25) is 0 Å². The molecule has 0 aliphatic carbocycles. The Morgan fingerprint density at radius 1 is 1.09 bits per heavy atom. The molecule has 1 aliphatic heterocycles. The van der Waals surface area contributed by atoms with Gasteiger partial charge in [-0.1, -0.05) is 63.2 Å². The number of alkyl carbamates (subject to hydrolysis) is 1. The molecule has 0 saturated carbocycles. The number of hydrogen-bond donors (Lipinski definition) is 3. The largest absolute Gasteiger partial charge is 0.493 e. The number of aliphatic hydroxyl groups excluding tert-OH is 1. The van der Waals surface area contributed by atoms with Gasteiger partial charge in [0.25, 0.3) is 0 Å². The Labute approximate surface area is 210 Å². The molecular weight excluding hydrogens is 440 g/mol. The number of aliphatic hydroxyl groups is 1. The number of nitrogens with one attached hydrogen (secondary N) is 2. The van der Waals surface area contributed by atoms with Crippen LogP contribution in [-0.2, 0) is 17.6 Å². The first kappa shape index (κ1) is 27.0. The Bertz CT molecular complexity index is 963. The fourth-order valence-electron chi connectivity index (χ4n) is 4.39. The minimum absolute atomic E-state index is 0.0761.